The van der Waals surface area contributed by atoms with Gasteiger partial charge in [-0.1, -0.05) is 32.0 Å². The maximum Gasteiger partial charge on any atom is 0.168 e. The summed E-state index contributed by atoms with van der Waals surface area (Å²) >= 11 is 0. The Morgan fingerprint density at radius 2 is 1.71 bits per heavy atom. The predicted octanol–water partition coefficient (Wildman–Crippen LogP) is 3.98. The number of anilines is 1. The van der Waals surface area contributed by atoms with Crippen LogP contribution in [-0.4, -0.2) is 65.5 Å². The number of ether oxygens (including phenoxy) is 2. The lowest BCUT2D eigenvalue weighted by atomic mass is 10.0. The Hall–Kier alpha value is -3.20. The average molecular weight is 483 g/mol. The Bertz CT molecular complexity index is 1100. The van der Waals surface area contributed by atoms with E-state index in [2.05, 4.69) is 39.2 Å². The van der Waals surface area contributed by atoms with Crippen molar-refractivity contribution in [1.29, 1.82) is 0 Å². The molecular formula is C26H35FN6O2. The predicted molar refractivity (Wildman–Crippen MR) is 133 cm³/mol. The zero-order chi connectivity index (χ0) is 24.8. The molecule has 0 amide bonds. The number of nitrogens with zero attached hydrogens (tertiary/aromatic N) is 6. The molecule has 1 aliphatic heterocycles. The summed E-state index contributed by atoms with van der Waals surface area (Å²) in [5.74, 6) is 2.64. The van der Waals surface area contributed by atoms with E-state index in [-0.39, 0.29) is 11.9 Å². The SMILES string of the molecule is COc1ccc(CCn2nnnc2C(CC(C)C)N2CCN(c3ccccc3F)CC2)cc1OC. The van der Waals surface area contributed by atoms with Gasteiger partial charge in [0, 0.05) is 32.7 Å². The summed E-state index contributed by atoms with van der Waals surface area (Å²) < 4.78 is 27.0. The number of rotatable bonds is 10. The van der Waals surface area contributed by atoms with E-state index >= 15 is 0 Å². The van der Waals surface area contributed by atoms with Gasteiger partial charge in [0.05, 0.1) is 25.9 Å². The van der Waals surface area contributed by atoms with Crippen molar-refractivity contribution < 1.29 is 13.9 Å². The van der Waals surface area contributed by atoms with E-state index < -0.39 is 0 Å². The molecule has 0 bridgehead atoms. The summed E-state index contributed by atoms with van der Waals surface area (Å²) in [7, 11) is 3.28. The monoisotopic (exact) mass is 482 g/mol. The fraction of sp³-hybridized carbons (Fsp3) is 0.500. The summed E-state index contributed by atoms with van der Waals surface area (Å²) in [6, 6.07) is 13.1. The lowest BCUT2D eigenvalue weighted by Gasteiger charge is -2.40. The van der Waals surface area contributed by atoms with Gasteiger partial charge in [-0.05, 0) is 59.0 Å². The Balaban J connectivity index is 1.46. The third kappa shape index (κ3) is 5.90. The van der Waals surface area contributed by atoms with Crippen molar-refractivity contribution in [3.05, 3.63) is 59.7 Å². The van der Waals surface area contributed by atoms with Crippen LogP contribution < -0.4 is 14.4 Å². The minimum absolute atomic E-state index is 0.109. The van der Waals surface area contributed by atoms with E-state index in [0.29, 0.717) is 29.6 Å². The largest absolute Gasteiger partial charge is 0.493 e. The molecule has 8 nitrogen and oxygen atoms in total. The molecule has 0 aliphatic carbocycles. The van der Waals surface area contributed by atoms with Crippen LogP contribution in [0.2, 0.25) is 0 Å². The molecule has 188 valence electrons. The van der Waals surface area contributed by atoms with Crippen LogP contribution in [0.5, 0.6) is 11.5 Å². The van der Waals surface area contributed by atoms with Gasteiger partial charge in [0.1, 0.15) is 5.82 Å². The second-order valence-electron chi connectivity index (χ2n) is 9.32. The lowest BCUT2D eigenvalue weighted by Crippen LogP contribution is -2.48. The number of hydrogen-bond acceptors (Lipinski definition) is 7. The molecule has 35 heavy (non-hydrogen) atoms. The molecule has 1 saturated heterocycles. The van der Waals surface area contributed by atoms with Gasteiger partial charge in [0.15, 0.2) is 17.3 Å². The smallest absolute Gasteiger partial charge is 0.168 e. The molecule has 4 rings (SSSR count). The summed E-state index contributed by atoms with van der Waals surface area (Å²) in [6.07, 6.45) is 1.73. The van der Waals surface area contributed by atoms with Crippen LogP contribution >= 0.6 is 0 Å². The first kappa shape index (κ1) is 24.9. The quantitative estimate of drug-likeness (QED) is 0.433. The number of benzene rings is 2. The highest BCUT2D eigenvalue weighted by Gasteiger charge is 2.30. The van der Waals surface area contributed by atoms with Gasteiger partial charge in [0.25, 0.3) is 0 Å². The van der Waals surface area contributed by atoms with Gasteiger partial charge < -0.3 is 14.4 Å². The highest BCUT2D eigenvalue weighted by atomic mass is 19.1. The van der Waals surface area contributed by atoms with E-state index in [9.17, 15) is 4.39 Å². The molecule has 1 atom stereocenters. The van der Waals surface area contributed by atoms with Crippen LogP contribution in [0.1, 0.15) is 37.7 Å². The number of tetrazole rings is 1. The Labute approximate surface area is 206 Å². The van der Waals surface area contributed by atoms with Crippen LogP contribution in [0.25, 0.3) is 0 Å². The molecule has 2 aromatic carbocycles. The Kier molecular flexibility index (Phi) is 8.17. The van der Waals surface area contributed by atoms with Gasteiger partial charge in [-0.2, -0.15) is 0 Å². The van der Waals surface area contributed by atoms with Crippen LogP contribution in [0, 0.1) is 11.7 Å². The number of hydrogen-bond donors (Lipinski definition) is 0. The van der Waals surface area contributed by atoms with Crippen molar-refractivity contribution in [1.82, 2.24) is 25.1 Å². The van der Waals surface area contributed by atoms with Crippen LogP contribution in [-0.2, 0) is 13.0 Å². The van der Waals surface area contributed by atoms with Gasteiger partial charge >= 0.3 is 0 Å². The number of para-hydroxylation sites is 1. The van der Waals surface area contributed by atoms with Crippen molar-refractivity contribution in [2.45, 2.75) is 39.3 Å². The van der Waals surface area contributed by atoms with Crippen molar-refractivity contribution in [3.63, 3.8) is 0 Å². The third-order valence-electron chi connectivity index (χ3n) is 6.56. The van der Waals surface area contributed by atoms with Gasteiger partial charge in [0.2, 0.25) is 0 Å². The lowest BCUT2D eigenvalue weighted by molar-refractivity contribution is 0.152. The normalized spacial score (nSPS) is 15.4. The molecule has 3 aromatic rings. The first-order valence-corrected chi connectivity index (χ1v) is 12.2. The van der Waals surface area contributed by atoms with Crippen LogP contribution in [0.15, 0.2) is 42.5 Å². The molecule has 1 unspecified atom stereocenters. The van der Waals surface area contributed by atoms with E-state index in [4.69, 9.17) is 9.47 Å². The highest BCUT2D eigenvalue weighted by molar-refractivity contribution is 5.48. The first-order chi connectivity index (χ1) is 17.0. The van der Waals surface area contributed by atoms with Crippen LogP contribution in [0.4, 0.5) is 10.1 Å². The Morgan fingerprint density at radius 3 is 2.40 bits per heavy atom. The topological polar surface area (TPSA) is 68.5 Å². The van der Waals surface area contributed by atoms with Crippen molar-refractivity contribution in [2.75, 3.05) is 45.3 Å². The minimum Gasteiger partial charge on any atom is -0.493 e. The number of piperazine rings is 1. The van der Waals surface area contributed by atoms with E-state index in [1.54, 1.807) is 20.3 Å². The van der Waals surface area contributed by atoms with E-state index in [0.717, 1.165) is 50.4 Å². The molecule has 0 spiro atoms. The molecule has 2 heterocycles. The number of methoxy groups -OCH3 is 2. The van der Waals surface area contributed by atoms with Gasteiger partial charge in [-0.25, -0.2) is 9.07 Å². The fourth-order valence-electron chi connectivity index (χ4n) is 4.73. The fourth-order valence-corrected chi connectivity index (χ4v) is 4.73. The highest BCUT2D eigenvalue weighted by Crippen LogP contribution is 2.30. The average Bonchev–Trinajstić information content (AvgIpc) is 3.34. The first-order valence-electron chi connectivity index (χ1n) is 12.2. The summed E-state index contributed by atoms with van der Waals surface area (Å²) in [6.45, 7) is 8.30. The molecule has 0 saturated carbocycles. The summed E-state index contributed by atoms with van der Waals surface area (Å²) in [4.78, 5) is 4.56. The number of aromatic nitrogens is 4. The number of aryl methyl sites for hydroxylation is 2. The van der Waals surface area contributed by atoms with Crippen molar-refractivity contribution in [3.8, 4) is 11.5 Å². The van der Waals surface area contributed by atoms with E-state index in [1.807, 2.05) is 35.0 Å². The molecule has 1 fully saturated rings. The third-order valence-corrected chi connectivity index (χ3v) is 6.56. The summed E-state index contributed by atoms with van der Waals surface area (Å²) in [5, 5.41) is 12.8. The molecule has 9 heteroatoms. The standard InChI is InChI=1S/C26H35FN6O2/c1-19(2)17-23(32-15-13-31(14-16-32)22-8-6-5-7-21(22)27)26-28-29-30-33(26)12-11-20-9-10-24(34-3)25(18-20)35-4/h5-10,18-19,23H,11-17H2,1-4H3. The van der Waals surface area contributed by atoms with Crippen molar-refractivity contribution in [2.24, 2.45) is 5.92 Å². The maximum atomic E-state index is 14.3. The number of halogens is 1. The minimum atomic E-state index is -0.168. The maximum absolute atomic E-state index is 14.3. The van der Waals surface area contributed by atoms with E-state index in [1.165, 1.54) is 6.07 Å². The summed E-state index contributed by atoms with van der Waals surface area (Å²) in [5.41, 5.74) is 1.80. The molecule has 1 aromatic heterocycles. The zero-order valence-corrected chi connectivity index (χ0v) is 21.0. The Morgan fingerprint density at radius 1 is 0.971 bits per heavy atom. The van der Waals surface area contributed by atoms with Crippen LogP contribution in [0.3, 0.4) is 0 Å². The van der Waals surface area contributed by atoms with Gasteiger partial charge in [-0.3, -0.25) is 4.90 Å². The molecule has 1 aliphatic rings. The second-order valence-corrected chi connectivity index (χ2v) is 9.32. The molecule has 0 radical (unpaired) electrons. The molecule has 0 N–H and O–H groups in total. The van der Waals surface area contributed by atoms with Crippen molar-refractivity contribution >= 4 is 5.69 Å². The second kappa shape index (κ2) is 11.5. The van der Waals surface area contributed by atoms with Gasteiger partial charge in [-0.15, -0.1) is 5.10 Å². The molecular weight excluding hydrogens is 447 g/mol. The zero-order valence-electron chi connectivity index (χ0n) is 21.0.